The van der Waals surface area contributed by atoms with Gasteiger partial charge in [-0.2, -0.15) is 0 Å². The molecule has 0 nitrogen and oxygen atoms in total. The summed E-state index contributed by atoms with van der Waals surface area (Å²) in [4.78, 5) is 0. The van der Waals surface area contributed by atoms with Gasteiger partial charge in [0, 0.05) is 0 Å². The number of benzene rings is 2. The smallest absolute Gasteiger partial charge is 0.123 e. The number of hydrogen-bond acceptors (Lipinski definition) is 0. The Morgan fingerprint density at radius 3 is 2.41 bits per heavy atom. The van der Waals surface area contributed by atoms with Crippen molar-refractivity contribution < 1.29 is 4.39 Å². The number of fused-ring (bicyclic) bond motifs is 1. The first kappa shape index (κ1) is 15.3. The molecule has 2 aromatic rings. The molecule has 0 aliphatic heterocycles. The second kappa shape index (κ2) is 7.09. The van der Waals surface area contributed by atoms with Gasteiger partial charge in [0.1, 0.15) is 5.82 Å². The van der Waals surface area contributed by atoms with E-state index in [1.807, 2.05) is 6.07 Å². The van der Waals surface area contributed by atoms with Crippen LogP contribution in [-0.4, -0.2) is 0 Å². The Morgan fingerprint density at radius 2 is 1.68 bits per heavy atom. The molecule has 0 N–H and O–H groups in total. The first-order valence-corrected chi connectivity index (χ1v) is 8.59. The third-order valence-corrected chi connectivity index (χ3v) is 4.90. The van der Waals surface area contributed by atoms with Crippen molar-refractivity contribution in [3.8, 4) is 0 Å². The van der Waals surface area contributed by atoms with Crippen LogP contribution >= 0.6 is 0 Å². The van der Waals surface area contributed by atoms with Crippen LogP contribution in [0.5, 0.6) is 0 Å². The second-order valence-corrected chi connectivity index (χ2v) is 6.63. The molecule has 0 saturated carbocycles. The lowest BCUT2D eigenvalue weighted by Gasteiger charge is -2.24. The van der Waals surface area contributed by atoms with Crippen LogP contribution in [0.1, 0.15) is 48.4 Å². The van der Waals surface area contributed by atoms with Crippen molar-refractivity contribution in [3.63, 3.8) is 0 Å². The van der Waals surface area contributed by atoms with Gasteiger partial charge in [0.2, 0.25) is 0 Å². The van der Waals surface area contributed by atoms with Gasteiger partial charge in [-0.25, -0.2) is 4.39 Å². The molecule has 0 fully saturated rings. The lowest BCUT2D eigenvalue weighted by atomic mass is 9.81. The molecule has 1 aliphatic carbocycles. The van der Waals surface area contributed by atoms with Gasteiger partial charge < -0.3 is 0 Å². The van der Waals surface area contributed by atoms with E-state index in [2.05, 4.69) is 31.2 Å². The summed E-state index contributed by atoms with van der Waals surface area (Å²) in [7, 11) is 0. The fourth-order valence-electron chi connectivity index (χ4n) is 3.58. The highest BCUT2D eigenvalue weighted by Crippen LogP contribution is 2.29. The lowest BCUT2D eigenvalue weighted by molar-refractivity contribution is 0.426. The van der Waals surface area contributed by atoms with E-state index in [9.17, 15) is 4.39 Å². The summed E-state index contributed by atoms with van der Waals surface area (Å²) in [6, 6.07) is 14.4. The van der Waals surface area contributed by atoms with Gasteiger partial charge in [-0.05, 0) is 78.8 Å². The molecule has 1 heteroatoms. The zero-order valence-electron chi connectivity index (χ0n) is 13.4. The normalized spacial score (nSPS) is 17.3. The minimum Gasteiger partial charge on any atom is -0.207 e. The van der Waals surface area contributed by atoms with Crippen LogP contribution in [0.25, 0.3) is 0 Å². The molecule has 0 aromatic heterocycles. The third-order valence-electron chi connectivity index (χ3n) is 4.90. The molecule has 2 aromatic carbocycles. The maximum absolute atomic E-state index is 13.2. The van der Waals surface area contributed by atoms with Crippen LogP contribution in [0, 0.1) is 11.7 Å². The highest BCUT2D eigenvalue weighted by molar-refractivity contribution is 5.30. The maximum atomic E-state index is 13.2. The predicted molar refractivity (Wildman–Crippen MR) is 90.7 cm³/mol. The summed E-state index contributed by atoms with van der Waals surface area (Å²) in [6.07, 6.45) is 8.14. The molecular weight excluding hydrogens is 271 g/mol. The van der Waals surface area contributed by atoms with Crippen LogP contribution in [0.2, 0.25) is 0 Å². The molecule has 0 spiro atoms. The summed E-state index contributed by atoms with van der Waals surface area (Å²) in [5, 5.41) is 0. The standard InChI is InChI=1S/C21H25F/c1-2-3-16-4-6-17(7-5-16)8-9-18-10-11-20-15-21(22)13-12-19(20)14-18/h4-7,12-13,15,18H,2-3,8-11,14H2,1H3. The Labute approximate surface area is 133 Å². The van der Waals surface area contributed by atoms with Crippen molar-refractivity contribution in [2.24, 2.45) is 5.92 Å². The SMILES string of the molecule is CCCc1ccc(CCC2CCc3cc(F)ccc3C2)cc1. The van der Waals surface area contributed by atoms with E-state index in [-0.39, 0.29) is 5.82 Å². The summed E-state index contributed by atoms with van der Waals surface area (Å²) < 4.78 is 13.2. The van der Waals surface area contributed by atoms with Gasteiger partial charge in [0.25, 0.3) is 0 Å². The molecule has 0 saturated heterocycles. The molecule has 116 valence electrons. The van der Waals surface area contributed by atoms with Crippen LogP contribution in [0.3, 0.4) is 0 Å². The molecule has 1 atom stereocenters. The Balaban J connectivity index is 1.55. The fourth-order valence-corrected chi connectivity index (χ4v) is 3.58. The zero-order valence-corrected chi connectivity index (χ0v) is 13.4. The Hall–Kier alpha value is -1.63. The second-order valence-electron chi connectivity index (χ2n) is 6.63. The largest absolute Gasteiger partial charge is 0.207 e. The van der Waals surface area contributed by atoms with Crippen molar-refractivity contribution in [3.05, 3.63) is 70.5 Å². The molecule has 0 heterocycles. The van der Waals surface area contributed by atoms with Crippen LogP contribution in [-0.2, 0) is 25.7 Å². The summed E-state index contributed by atoms with van der Waals surface area (Å²) >= 11 is 0. The number of hydrogen-bond donors (Lipinski definition) is 0. The van der Waals surface area contributed by atoms with Crippen molar-refractivity contribution in [2.45, 2.75) is 51.9 Å². The predicted octanol–water partition coefficient (Wildman–Crippen LogP) is 5.52. The van der Waals surface area contributed by atoms with Gasteiger partial charge in [-0.3, -0.25) is 0 Å². The highest BCUT2D eigenvalue weighted by Gasteiger charge is 2.18. The van der Waals surface area contributed by atoms with Gasteiger partial charge in [0.05, 0.1) is 0 Å². The monoisotopic (exact) mass is 296 g/mol. The topological polar surface area (TPSA) is 0 Å². The quantitative estimate of drug-likeness (QED) is 0.682. The van der Waals surface area contributed by atoms with Gasteiger partial charge in [-0.1, -0.05) is 43.7 Å². The Morgan fingerprint density at radius 1 is 0.955 bits per heavy atom. The molecule has 1 aliphatic rings. The van der Waals surface area contributed by atoms with Crippen molar-refractivity contribution in [1.29, 1.82) is 0 Å². The van der Waals surface area contributed by atoms with E-state index in [4.69, 9.17) is 0 Å². The molecule has 22 heavy (non-hydrogen) atoms. The molecule has 1 unspecified atom stereocenters. The average molecular weight is 296 g/mol. The first-order chi connectivity index (χ1) is 10.7. The number of halogens is 1. The minimum absolute atomic E-state index is 0.0932. The van der Waals surface area contributed by atoms with E-state index in [0.717, 1.165) is 25.2 Å². The molecule has 0 amide bonds. The van der Waals surface area contributed by atoms with Crippen molar-refractivity contribution in [2.75, 3.05) is 0 Å². The minimum atomic E-state index is -0.0932. The average Bonchev–Trinajstić information content (AvgIpc) is 2.54. The van der Waals surface area contributed by atoms with E-state index in [0.29, 0.717) is 0 Å². The van der Waals surface area contributed by atoms with E-state index < -0.39 is 0 Å². The molecular formula is C21H25F. The summed E-state index contributed by atoms with van der Waals surface area (Å²) in [6.45, 7) is 2.22. The number of rotatable bonds is 5. The third kappa shape index (κ3) is 3.76. The number of aryl methyl sites for hydroxylation is 3. The van der Waals surface area contributed by atoms with Crippen LogP contribution in [0.4, 0.5) is 4.39 Å². The highest BCUT2D eigenvalue weighted by atomic mass is 19.1. The molecule has 0 radical (unpaired) electrons. The van der Waals surface area contributed by atoms with Gasteiger partial charge in [-0.15, -0.1) is 0 Å². The zero-order chi connectivity index (χ0) is 15.4. The van der Waals surface area contributed by atoms with Crippen molar-refractivity contribution in [1.82, 2.24) is 0 Å². The lowest BCUT2D eigenvalue weighted by Crippen LogP contribution is -2.15. The summed E-state index contributed by atoms with van der Waals surface area (Å²) in [5.74, 6) is 0.651. The van der Waals surface area contributed by atoms with Gasteiger partial charge in [0.15, 0.2) is 0 Å². The van der Waals surface area contributed by atoms with Crippen LogP contribution in [0.15, 0.2) is 42.5 Å². The van der Waals surface area contributed by atoms with E-state index >= 15 is 0 Å². The van der Waals surface area contributed by atoms with Crippen molar-refractivity contribution >= 4 is 0 Å². The first-order valence-electron chi connectivity index (χ1n) is 8.59. The Bertz CT molecular complexity index is 612. The van der Waals surface area contributed by atoms with Crippen LogP contribution < -0.4 is 0 Å². The molecule has 3 rings (SSSR count). The fraction of sp³-hybridized carbons (Fsp3) is 0.429. The maximum Gasteiger partial charge on any atom is 0.123 e. The van der Waals surface area contributed by atoms with Gasteiger partial charge >= 0.3 is 0 Å². The van der Waals surface area contributed by atoms with E-state index in [1.165, 1.54) is 47.9 Å². The van der Waals surface area contributed by atoms with E-state index in [1.54, 1.807) is 12.1 Å². The summed E-state index contributed by atoms with van der Waals surface area (Å²) in [5.41, 5.74) is 5.47. The Kier molecular flexibility index (Phi) is 4.92. The molecule has 0 bridgehead atoms.